The Kier molecular flexibility index (Phi) is 2.01. The van der Waals surface area contributed by atoms with Gasteiger partial charge in [0, 0.05) is 0 Å². The molecule has 10 heavy (non-hydrogen) atoms. The molecule has 0 aromatic carbocycles. The molecule has 1 aliphatic rings. The number of carbonyl (C=O) groups is 1. The van der Waals surface area contributed by atoms with Crippen molar-refractivity contribution in [3.63, 3.8) is 0 Å². The van der Waals surface area contributed by atoms with Gasteiger partial charge >= 0.3 is 6.04 Å². The average Bonchev–Trinajstić information content (AvgIpc) is 2.13. The zero-order chi connectivity index (χ0) is 7.72. The van der Waals surface area contributed by atoms with E-state index in [9.17, 15) is 9.18 Å². The van der Waals surface area contributed by atoms with Gasteiger partial charge in [-0.1, -0.05) is 0 Å². The molecule has 0 spiro atoms. The van der Waals surface area contributed by atoms with Crippen LogP contribution < -0.4 is 0 Å². The molecule has 0 aromatic rings. The van der Waals surface area contributed by atoms with Crippen LogP contribution in [-0.2, 0) is 14.3 Å². The second kappa shape index (κ2) is 2.64. The van der Waals surface area contributed by atoms with E-state index < -0.39 is 12.3 Å². The van der Waals surface area contributed by atoms with Gasteiger partial charge < -0.3 is 9.47 Å². The van der Waals surface area contributed by atoms with Gasteiger partial charge in [0.25, 0.3) is 6.29 Å². The van der Waals surface area contributed by atoms with E-state index in [1.807, 2.05) is 0 Å². The van der Waals surface area contributed by atoms with Gasteiger partial charge in [-0.2, -0.15) is 4.39 Å². The lowest BCUT2D eigenvalue weighted by atomic mass is 10.3. The Balaban J connectivity index is 2.49. The van der Waals surface area contributed by atoms with Gasteiger partial charge in [0.15, 0.2) is 0 Å². The van der Waals surface area contributed by atoms with Crippen LogP contribution in [0.15, 0.2) is 0 Å². The van der Waals surface area contributed by atoms with Crippen molar-refractivity contribution in [1.82, 2.24) is 0 Å². The summed E-state index contributed by atoms with van der Waals surface area (Å²) < 4.78 is 21.4. The Morgan fingerprint density at radius 1 is 1.30 bits per heavy atom. The van der Waals surface area contributed by atoms with Crippen molar-refractivity contribution in [1.29, 1.82) is 0 Å². The van der Waals surface area contributed by atoms with Gasteiger partial charge in [0.1, 0.15) is 0 Å². The maximum Gasteiger partial charge on any atom is 0.357 e. The van der Waals surface area contributed by atoms with Gasteiger partial charge in [-0.05, 0) is 13.8 Å². The third-order valence-corrected chi connectivity index (χ3v) is 1.52. The first-order chi connectivity index (χ1) is 4.61. The van der Waals surface area contributed by atoms with Crippen molar-refractivity contribution in [3.8, 4) is 0 Å². The normalized spacial score (nSPS) is 40.1. The Hall–Kier alpha value is -0.480. The summed E-state index contributed by atoms with van der Waals surface area (Å²) >= 11 is 0. The third kappa shape index (κ3) is 1.33. The Labute approximate surface area is 58.1 Å². The summed E-state index contributed by atoms with van der Waals surface area (Å²) in [5, 5.41) is 0. The molecule has 0 radical (unpaired) electrons. The predicted octanol–water partition coefficient (Wildman–Crippen LogP) is 0.632. The molecular weight excluding hydrogens is 139 g/mol. The van der Waals surface area contributed by atoms with Crippen LogP contribution in [0.1, 0.15) is 13.8 Å². The Morgan fingerprint density at radius 3 is 1.90 bits per heavy atom. The van der Waals surface area contributed by atoms with E-state index in [-0.39, 0.29) is 12.2 Å². The summed E-state index contributed by atoms with van der Waals surface area (Å²) in [4.78, 5) is 10.0. The van der Waals surface area contributed by atoms with Gasteiger partial charge in [0.2, 0.25) is 0 Å². The van der Waals surface area contributed by atoms with Gasteiger partial charge in [-0.25, -0.2) is 0 Å². The molecule has 1 fully saturated rings. The number of hydrogen-bond acceptors (Lipinski definition) is 3. The quantitative estimate of drug-likeness (QED) is 0.512. The highest BCUT2D eigenvalue weighted by Crippen LogP contribution is 2.18. The highest BCUT2D eigenvalue weighted by molar-refractivity contribution is 5.71. The Morgan fingerprint density at radius 2 is 1.70 bits per heavy atom. The minimum atomic E-state index is -1.56. The Bertz CT molecular complexity index is 138. The van der Waals surface area contributed by atoms with Crippen LogP contribution in [0.2, 0.25) is 0 Å². The van der Waals surface area contributed by atoms with Crippen molar-refractivity contribution in [2.45, 2.75) is 32.3 Å². The fourth-order valence-electron chi connectivity index (χ4n) is 0.750. The molecule has 58 valence electrons. The number of rotatable bonds is 1. The molecule has 0 N–H and O–H groups in total. The monoisotopic (exact) mass is 148 g/mol. The number of ether oxygens (including phenoxy) is 2. The van der Waals surface area contributed by atoms with Gasteiger partial charge in [-0.3, -0.25) is 4.79 Å². The van der Waals surface area contributed by atoms with Crippen LogP contribution in [0.25, 0.3) is 0 Å². The van der Waals surface area contributed by atoms with Crippen molar-refractivity contribution < 1.29 is 18.7 Å². The topological polar surface area (TPSA) is 35.5 Å². The predicted molar refractivity (Wildman–Crippen MR) is 31.0 cm³/mol. The summed E-state index contributed by atoms with van der Waals surface area (Å²) in [6.45, 7) is 3.46. The van der Waals surface area contributed by atoms with E-state index in [0.29, 0.717) is 0 Å². The molecule has 1 heterocycles. The molecule has 1 rings (SSSR count). The van der Waals surface area contributed by atoms with Crippen molar-refractivity contribution in [2.75, 3.05) is 0 Å². The lowest BCUT2D eigenvalue weighted by molar-refractivity contribution is -0.159. The first-order valence-electron chi connectivity index (χ1n) is 3.11. The fourth-order valence-corrected chi connectivity index (χ4v) is 0.750. The van der Waals surface area contributed by atoms with Crippen molar-refractivity contribution >= 4 is 6.04 Å². The van der Waals surface area contributed by atoms with E-state index in [0.717, 1.165) is 0 Å². The molecule has 2 unspecified atom stereocenters. The fraction of sp³-hybridized carbons (Fsp3) is 0.833. The molecule has 0 aromatic heterocycles. The lowest BCUT2D eigenvalue weighted by Crippen LogP contribution is -2.17. The minimum Gasteiger partial charge on any atom is -0.338 e. The second-order valence-corrected chi connectivity index (χ2v) is 2.32. The number of carbonyl (C=O) groups excluding carboxylic acids is 1. The van der Waals surface area contributed by atoms with Crippen molar-refractivity contribution in [2.24, 2.45) is 0 Å². The van der Waals surface area contributed by atoms with E-state index >= 15 is 0 Å². The molecule has 2 atom stereocenters. The number of halogens is 1. The maximum atomic E-state index is 11.9. The molecule has 0 aliphatic carbocycles. The van der Waals surface area contributed by atoms with Crippen molar-refractivity contribution in [3.05, 3.63) is 0 Å². The molecule has 1 aliphatic heterocycles. The summed E-state index contributed by atoms with van der Waals surface area (Å²) in [5.41, 5.74) is 0. The third-order valence-electron chi connectivity index (χ3n) is 1.52. The lowest BCUT2D eigenvalue weighted by Gasteiger charge is -2.02. The van der Waals surface area contributed by atoms with E-state index in [1.54, 1.807) is 13.8 Å². The molecule has 3 nitrogen and oxygen atoms in total. The zero-order valence-corrected chi connectivity index (χ0v) is 5.83. The minimum absolute atomic E-state index is 0.204. The van der Waals surface area contributed by atoms with E-state index in [1.165, 1.54) is 0 Å². The summed E-state index contributed by atoms with van der Waals surface area (Å²) in [6, 6.07) is -1.56. The molecule has 4 heteroatoms. The van der Waals surface area contributed by atoms with E-state index in [2.05, 4.69) is 0 Å². The zero-order valence-electron chi connectivity index (χ0n) is 5.83. The maximum absolute atomic E-state index is 11.9. The molecule has 0 saturated carbocycles. The molecule has 0 amide bonds. The molecule has 0 bridgehead atoms. The van der Waals surface area contributed by atoms with Crippen LogP contribution in [0.3, 0.4) is 0 Å². The SMILES string of the molecule is CC1OC(C(=O)F)OC1C. The summed E-state index contributed by atoms with van der Waals surface area (Å²) in [7, 11) is 0. The van der Waals surface area contributed by atoms with Crippen LogP contribution in [-0.4, -0.2) is 24.5 Å². The molecule has 1 saturated heterocycles. The molecular formula is C6H9FO3. The smallest absolute Gasteiger partial charge is 0.338 e. The first kappa shape index (κ1) is 7.63. The van der Waals surface area contributed by atoms with Crippen LogP contribution in [0.4, 0.5) is 4.39 Å². The largest absolute Gasteiger partial charge is 0.357 e. The van der Waals surface area contributed by atoms with Gasteiger partial charge in [-0.15, -0.1) is 0 Å². The average molecular weight is 148 g/mol. The van der Waals surface area contributed by atoms with E-state index in [4.69, 9.17) is 9.47 Å². The van der Waals surface area contributed by atoms with Crippen LogP contribution >= 0.6 is 0 Å². The first-order valence-corrected chi connectivity index (χ1v) is 3.11. The summed E-state index contributed by atoms with van der Waals surface area (Å²) in [6.07, 6.45) is -1.70. The standard InChI is InChI=1S/C6H9FO3/c1-3-4(2)10-6(9-3)5(7)8/h3-4,6H,1-2H3. The van der Waals surface area contributed by atoms with Crippen LogP contribution in [0.5, 0.6) is 0 Å². The summed E-state index contributed by atoms with van der Waals surface area (Å²) in [5.74, 6) is 0. The van der Waals surface area contributed by atoms with Crippen LogP contribution in [0, 0.1) is 0 Å². The highest BCUT2D eigenvalue weighted by atomic mass is 19.1. The highest BCUT2D eigenvalue weighted by Gasteiger charge is 2.34. The number of hydrogen-bond donors (Lipinski definition) is 0. The second-order valence-electron chi connectivity index (χ2n) is 2.32. The van der Waals surface area contributed by atoms with Gasteiger partial charge in [0.05, 0.1) is 12.2 Å².